The van der Waals surface area contributed by atoms with E-state index in [1.807, 2.05) is 37.3 Å². The summed E-state index contributed by atoms with van der Waals surface area (Å²) in [5.41, 5.74) is 5.29. The molecule has 3 rings (SSSR count). The smallest absolute Gasteiger partial charge is 0.244 e. The van der Waals surface area contributed by atoms with Gasteiger partial charge in [0, 0.05) is 17.0 Å². The van der Waals surface area contributed by atoms with Crippen molar-refractivity contribution in [2.75, 3.05) is 14.2 Å². The third kappa shape index (κ3) is 3.43. The van der Waals surface area contributed by atoms with Crippen molar-refractivity contribution in [3.63, 3.8) is 0 Å². The van der Waals surface area contributed by atoms with Crippen molar-refractivity contribution in [1.82, 2.24) is 5.43 Å². The SMILES string of the molecule is COc1ccc(/C(C)=N/NC(=O)C2CC2(C)c2ccccc2)c(OC)c1. The van der Waals surface area contributed by atoms with Crippen LogP contribution in [-0.4, -0.2) is 25.8 Å². The van der Waals surface area contributed by atoms with Crippen molar-refractivity contribution >= 4 is 11.6 Å². The maximum atomic E-state index is 12.5. The fourth-order valence-electron chi connectivity index (χ4n) is 3.26. The van der Waals surface area contributed by atoms with Gasteiger partial charge in [0.25, 0.3) is 0 Å². The minimum Gasteiger partial charge on any atom is -0.497 e. The number of amides is 1. The molecule has 5 heteroatoms. The summed E-state index contributed by atoms with van der Waals surface area (Å²) in [5.74, 6) is 1.25. The monoisotopic (exact) mass is 352 g/mol. The van der Waals surface area contributed by atoms with E-state index >= 15 is 0 Å². The lowest BCUT2D eigenvalue weighted by Crippen LogP contribution is -2.24. The number of carbonyl (C=O) groups excluding carboxylic acids is 1. The highest BCUT2D eigenvalue weighted by atomic mass is 16.5. The number of ether oxygens (including phenoxy) is 2. The van der Waals surface area contributed by atoms with Gasteiger partial charge in [-0.1, -0.05) is 37.3 Å². The normalized spacial score (nSPS) is 21.8. The molecular weight excluding hydrogens is 328 g/mol. The molecule has 2 aromatic rings. The minimum absolute atomic E-state index is 0.0526. The second-order valence-corrected chi connectivity index (χ2v) is 6.78. The number of nitrogens with one attached hydrogen (secondary N) is 1. The molecule has 2 atom stereocenters. The Morgan fingerprint density at radius 2 is 1.88 bits per heavy atom. The van der Waals surface area contributed by atoms with E-state index in [0.717, 1.165) is 12.0 Å². The molecule has 2 aromatic carbocycles. The second-order valence-electron chi connectivity index (χ2n) is 6.78. The van der Waals surface area contributed by atoms with Gasteiger partial charge in [-0.05, 0) is 31.0 Å². The Kier molecular flexibility index (Phi) is 4.98. The van der Waals surface area contributed by atoms with E-state index in [0.29, 0.717) is 17.2 Å². The van der Waals surface area contributed by atoms with Gasteiger partial charge in [-0.2, -0.15) is 5.10 Å². The van der Waals surface area contributed by atoms with Gasteiger partial charge in [-0.25, -0.2) is 5.43 Å². The Bertz CT molecular complexity index is 832. The van der Waals surface area contributed by atoms with Crippen molar-refractivity contribution in [3.05, 3.63) is 59.7 Å². The highest BCUT2D eigenvalue weighted by molar-refractivity contribution is 6.02. The molecule has 0 bridgehead atoms. The van der Waals surface area contributed by atoms with Crippen molar-refractivity contribution in [1.29, 1.82) is 0 Å². The van der Waals surface area contributed by atoms with Gasteiger partial charge in [-0.3, -0.25) is 4.79 Å². The number of hydrogen-bond acceptors (Lipinski definition) is 4. The minimum atomic E-state index is -0.105. The molecular formula is C21H24N2O3. The van der Waals surface area contributed by atoms with Crippen molar-refractivity contribution in [2.24, 2.45) is 11.0 Å². The fraction of sp³-hybridized carbons (Fsp3) is 0.333. The molecule has 1 fully saturated rings. The van der Waals surface area contributed by atoms with Crippen LogP contribution >= 0.6 is 0 Å². The Balaban J connectivity index is 1.70. The summed E-state index contributed by atoms with van der Waals surface area (Å²) in [6.45, 7) is 3.96. The van der Waals surface area contributed by atoms with Gasteiger partial charge in [0.05, 0.1) is 25.8 Å². The molecule has 1 amide bonds. The molecule has 0 aliphatic heterocycles. The lowest BCUT2D eigenvalue weighted by Gasteiger charge is -2.12. The number of hydrogen-bond donors (Lipinski definition) is 1. The number of methoxy groups -OCH3 is 2. The highest BCUT2D eigenvalue weighted by Gasteiger charge is 2.55. The van der Waals surface area contributed by atoms with Crippen LogP contribution in [-0.2, 0) is 10.2 Å². The zero-order chi connectivity index (χ0) is 18.7. The Hall–Kier alpha value is -2.82. The average Bonchev–Trinajstić information content (AvgIpc) is 3.39. The molecule has 2 unspecified atom stereocenters. The topological polar surface area (TPSA) is 59.9 Å². The molecule has 5 nitrogen and oxygen atoms in total. The van der Waals surface area contributed by atoms with Gasteiger partial charge in [-0.15, -0.1) is 0 Å². The van der Waals surface area contributed by atoms with Gasteiger partial charge in [0.2, 0.25) is 5.91 Å². The summed E-state index contributed by atoms with van der Waals surface area (Å²) in [7, 11) is 3.20. The predicted molar refractivity (Wildman–Crippen MR) is 102 cm³/mol. The van der Waals surface area contributed by atoms with Crippen LogP contribution in [0.2, 0.25) is 0 Å². The third-order valence-electron chi connectivity index (χ3n) is 5.12. The first-order valence-corrected chi connectivity index (χ1v) is 8.61. The van der Waals surface area contributed by atoms with Crippen molar-refractivity contribution < 1.29 is 14.3 Å². The molecule has 1 aliphatic rings. The summed E-state index contributed by atoms with van der Waals surface area (Å²) in [4.78, 5) is 12.5. The lowest BCUT2D eigenvalue weighted by atomic mass is 9.95. The molecule has 1 N–H and O–H groups in total. The van der Waals surface area contributed by atoms with Gasteiger partial charge < -0.3 is 9.47 Å². The lowest BCUT2D eigenvalue weighted by molar-refractivity contribution is -0.122. The number of nitrogens with zero attached hydrogens (tertiary/aromatic N) is 1. The van der Waals surface area contributed by atoms with E-state index in [4.69, 9.17) is 9.47 Å². The molecule has 136 valence electrons. The van der Waals surface area contributed by atoms with Crippen LogP contribution in [0.3, 0.4) is 0 Å². The highest BCUT2D eigenvalue weighted by Crippen LogP contribution is 2.53. The van der Waals surface area contributed by atoms with Gasteiger partial charge >= 0.3 is 0 Å². The van der Waals surface area contributed by atoms with Crippen LogP contribution in [0, 0.1) is 5.92 Å². The molecule has 0 radical (unpaired) electrons. The number of rotatable bonds is 6. The Labute approximate surface area is 154 Å². The molecule has 0 heterocycles. The summed E-state index contributed by atoms with van der Waals surface area (Å²) >= 11 is 0. The first-order valence-electron chi connectivity index (χ1n) is 8.61. The zero-order valence-corrected chi connectivity index (χ0v) is 15.6. The maximum absolute atomic E-state index is 12.5. The molecule has 1 aliphatic carbocycles. The number of hydrazone groups is 1. The molecule has 26 heavy (non-hydrogen) atoms. The van der Waals surface area contributed by atoms with Crippen LogP contribution in [0.15, 0.2) is 53.6 Å². The zero-order valence-electron chi connectivity index (χ0n) is 15.6. The van der Waals surface area contributed by atoms with Gasteiger partial charge in [0.1, 0.15) is 11.5 Å². The van der Waals surface area contributed by atoms with E-state index in [2.05, 4.69) is 29.6 Å². The van der Waals surface area contributed by atoms with Crippen LogP contribution in [0.1, 0.15) is 31.4 Å². The van der Waals surface area contributed by atoms with E-state index in [1.165, 1.54) is 5.56 Å². The van der Waals surface area contributed by atoms with Crippen molar-refractivity contribution in [2.45, 2.75) is 25.7 Å². The van der Waals surface area contributed by atoms with E-state index in [1.54, 1.807) is 20.3 Å². The van der Waals surface area contributed by atoms with E-state index in [-0.39, 0.29) is 17.2 Å². The van der Waals surface area contributed by atoms with Gasteiger partial charge in [0.15, 0.2) is 0 Å². The molecule has 0 aromatic heterocycles. The quantitative estimate of drug-likeness (QED) is 0.639. The molecule has 0 spiro atoms. The predicted octanol–water partition coefficient (Wildman–Crippen LogP) is 3.52. The maximum Gasteiger partial charge on any atom is 0.244 e. The molecule has 0 saturated heterocycles. The fourth-order valence-corrected chi connectivity index (χ4v) is 3.26. The average molecular weight is 352 g/mol. The van der Waals surface area contributed by atoms with Crippen LogP contribution in [0.5, 0.6) is 11.5 Å². The van der Waals surface area contributed by atoms with E-state index in [9.17, 15) is 4.79 Å². The van der Waals surface area contributed by atoms with Crippen LogP contribution < -0.4 is 14.9 Å². The first-order chi connectivity index (χ1) is 12.5. The summed E-state index contributed by atoms with van der Waals surface area (Å²) < 4.78 is 10.6. The van der Waals surface area contributed by atoms with Crippen LogP contribution in [0.25, 0.3) is 0 Å². The number of carbonyl (C=O) groups is 1. The third-order valence-corrected chi connectivity index (χ3v) is 5.12. The largest absolute Gasteiger partial charge is 0.497 e. The number of benzene rings is 2. The summed E-state index contributed by atoms with van der Waals surface area (Å²) in [5, 5.41) is 4.28. The standard InChI is InChI=1S/C21H24N2O3/c1-14(17-11-10-16(25-3)12-19(17)26-4)22-23-20(24)18-13-21(18,2)15-8-6-5-7-9-15/h5-12,18H,13H2,1-4H3,(H,23,24)/b22-14+. The van der Waals surface area contributed by atoms with Crippen molar-refractivity contribution in [3.8, 4) is 11.5 Å². The summed E-state index contributed by atoms with van der Waals surface area (Å²) in [6, 6.07) is 15.6. The Morgan fingerprint density at radius 3 is 2.54 bits per heavy atom. The second kappa shape index (κ2) is 7.20. The first kappa shape index (κ1) is 18.0. The Morgan fingerprint density at radius 1 is 1.15 bits per heavy atom. The van der Waals surface area contributed by atoms with E-state index < -0.39 is 0 Å². The molecule has 1 saturated carbocycles. The summed E-state index contributed by atoms with van der Waals surface area (Å²) in [6.07, 6.45) is 0.837. The van der Waals surface area contributed by atoms with Crippen LogP contribution in [0.4, 0.5) is 0 Å².